The molecule has 0 aromatic carbocycles. The zero-order valence-electron chi connectivity index (χ0n) is 5.34. The SMILES string of the molecule is O=P([O-])([O-])[O-].[Cl][Ca+].[Cl][Ca+].[Cl][Ca+]. The maximum absolute atomic E-state index is 8.55. The molecular formula is Ca3Cl3O4P. The van der Waals surface area contributed by atoms with Crippen molar-refractivity contribution in [3.8, 4) is 0 Å². The molecular weight excluding hydrogens is 322 g/mol. The summed E-state index contributed by atoms with van der Waals surface area (Å²) in [6.45, 7) is 0. The molecule has 0 N–H and O–H groups in total. The molecule has 0 aromatic rings. The summed E-state index contributed by atoms with van der Waals surface area (Å²) in [4.78, 5) is 25.6. The van der Waals surface area contributed by atoms with Crippen LogP contribution in [0.2, 0.25) is 0 Å². The first-order valence-corrected chi connectivity index (χ1v) is 12.1. The molecule has 0 aromatic heterocycles. The van der Waals surface area contributed by atoms with Crippen molar-refractivity contribution in [2.75, 3.05) is 0 Å². The van der Waals surface area contributed by atoms with Crippen molar-refractivity contribution in [3.05, 3.63) is 0 Å². The zero-order chi connectivity index (χ0) is 10.5. The van der Waals surface area contributed by atoms with Crippen molar-refractivity contribution >= 4 is 130 Å². The van der Waals surface area contributed by atoms with Gasteiger partial charge in [0.1, 0.15) is 0 Å². The molecule has 0 fully saturated rings. The average molecular weight is 322 g/mol. The standard InChI is InChI=1S/3Ca.3ClH.H3O4P/c;;;;;;1-5(2,3)4/h;;;3*1H;(H3,1,2,3,4)/q3*+2;;;;/p-6. The topological polar surface area (TPSA) is 86.2 Å². The predicted molar refractivity (Wildman–Crippen MR) is 42.4 cm³/mol. The Kier molecular flexibility index (Phi) is 54.5. The number of rotatable bonds is 0. The van der Waals surface area contributed by atoms with Crippen LogP contribution in [-0.4, -0.2) is 103 Å². The molecule has 11 heavy (non-hydrogen) atoms. The number of hydrogen-bond acceptors (Lipinski definition) is 4. The van der Waals surface area contributed by atoms with Gasteiger partial charge in [-0.25, -0.2) is 0 Å². The van der Waals surface area contributed by atoms with Crippen LogP contribution in [0.3, 0.4) is 0 Å². The van der Waals surface area contributed by atoms with Gasteiger partial charge >= 0.3 is 122 Å². The summed E-state index contributed by atoms with van der Waals surface area (Å²) in [5.74, 6) is 0. The molecule has 0 aliphatic heterocycles. The fourth-order valence-electron chi connectivity index (χ4n) is 0. The van der Waals surface area contributed by atoms with Crippen molar-refractivity contribution < 1.29 is 19.2 Å². The average Bonchev–Trinajstić information content (AvgIpc) is 1.96. The molecule has 0 bridgehead atoms. The second kappa shape index (κ2) is 24.1. The van der Waals surface area contributed by atoms with Crippen LogP contribution in [0, 0.1) is 0 Å². The van der Waals surface area contributed by atoms with Gasteiger partial charge in [-0.3, -0.25) is 0 Å². The molecule has 0 amide bonds. The van der Waals surface area contributed by atoms with Gasteiger partial charge in [0.05, 0.1) is 0 Å². The maximum atomic E-state index is 8.55. The van der Waals surface area contributed by atoms with E-state index < -0.39 is 7.82 Å². The molecule has 0 spiro atoms. The van der Waals surface area contributed by atoms with E-state index in [1.807, 2.05) is 0 Å². The molecule has 4 nitrogen and oxygen atoms in total. The molecule has 0 aliphatic rings. The molecule has 0 saturated heterocycles. The Bertz CT molecular complexity index is 66.7. The van der Waals surface area contributed by atoms with Gasteiger partial charge in [-0.15, -0.1) is 0 Å². The van der Waals surface area contributed by atoms with Crippen molar-refractivity contribution in [2.24, 2.45) is 0 Å². The normalized spacial score (nSPS) is 7.27. The molecule has 0 atom stereocenters. The van der Waals surface area contributed by atoms with Gasteiger partial charge in [0, 0.05) is 0 Å². The molecule has 0 saturated carbocycles. The van der Waals surface area contributed by atoms with E-state index >= 15 is 0 Å². The van der Waals surface area contributed by atoms with Crippen LogP contribution in [0.5, 0.6) is 0 Å². The Morgan fingerprint density at radius 3 is 0.818 bits per heavy atom. The summed E-state index contributed by atoms with van der Waals surface area (Å²) in [6, 6.07) is 0. The van der Waals surface area contributed by atoms with Crippen LogP contribution in [0.1, 0.15) is 0 Å². The predicted octanol–water partition coefficient (Wildman–Crippen LogP) is -1.90. The van der Waals surface area contributed by atoms with Crippen LogP contribution in [0.25, 0.3) is 0 Å². The Labute approximate surface area is 145 Å². The minimum atomic E-state index is -5.39. The van der Waals surface area contributed by atoms with Crippen LogP contribution in [0.15, 0.2) is 0 Å². The summed E-state index contributed by atoms with van der Waals surface area (Å²) in [5, 5.41) is 0. The summed E-state index contributed by atoms with van der Waals surface area (Å²) in [6.07, 6.45) is 14.3. The number of hydrogen-bond donors (Lipinski definition) is 0. The zero-order valence-corrected chi connectivity index (χ0v) is 15.1. The molecule has 56 valence electrons. The van der Waals surface area contributed by atoms with Crippen LogP contribution >= 0.6 is 27.0 Å². The summed E-state index contributed by atoms with van der Waals surface area (Å²) < 4.78 is 8.55. The van der Waals surface area contributed by atoms with E-state index in [0.29, 0.717) is 0 Å². The van der Waals surface area contributed by atoms with E-state index in [1.54, 1.807) is 0 Å². The third kappa shape index (κ3) is 106. The van der Waals surface area contributed by atoms with E-state index in [1.165, 1.54) is 0 Å². The van der Waals surface area contributed by atoms with Crippen LogP contribution in [0.4, 0.5) is 0 Å². The Morgan fingerprint density at radius 1 is 0.818 bits per heavy atom. The number of phosphoric acid groups is 1. The Balaban J connectivity index is -0.0000000350. The van der Waals surface area contributed by atoms with E-state index in [-0.39, 0.29) is 0 Å². The van der Waals surface area contributed by atoms with E-state index in [9.17, 15) is 0 Å². The Morgan fingerprint density at radius 2 is 0.818 bits per heavy atom. The molecule has 0 unspecified atom stereocenters. The first kappa shape index (κ1) is 24.8. The van der Waals surface area contributed by atoms with Gasteiger partial charge < -0.3 is 19.2 Å². The fourth-order valence-corrected chi connectivity index (χ4v) is 0. The first-order chi connectivity index (χ1) is 5.00. The molecule has 0 rings (SSSR count). The summed E-state index contributed by atoms with van der Waals surface area (Å²) >= 11 is 2.54. The van der Waals surface area contributed by atoms with Crippen molar-refractivity contribution in [1.82, 2.24) is 0 Å². The monoisotopic (exact) mass is 320 g/mol. The molecule has 0 aliphatic carbocycles. The molecule has 11 heteroatoms. The van der Waals surface area contributed by atoms with Gasteiger partial charge in [0.2, 0.25) is 0 Å². The van der Waals surface area contributed by atoms with Gasteiger partial charge in [0.15, 0.2) is 0 Å². The second-order valence-corrected chi connectivity index (χ2v) is 1.34. The first-order valence-electron chi connectivity index (χ1n) is 1.53. The van der Waals surface area contributed by atoms with E-state index in [2.05, 4.69) is 0 Å². The summed E-state index contributed by atoms with van der Waals surface area (Å²) in [7, 11) is -5.39. The van der Waals surface area contributed by atoms with Gasteiger partial charge in [0.25, 0.3) is 0 Å². The van der Waals surface area contributed by atoms with E-state index in [0.717, 1.165) is 103 Å². The summed E-state index contributed by atoms with van der Waals surface area (Å²) in [5.41, 5.74) is 0. The van der Waals surface area contributed by atoms with Gasteiger partial charge in [-0.05, 0) is 0 Å². The Hall–Kier alpha value is 4.76. The fraction of sp³-hybridized carbons (Fsp3) is 0. The molecule has 0 radical (unpaired) electrons. The van der Waals surface area contributed by atoms with Crippen molar-refractivity contribution in [3.63, 3.8) is 0 Å². The van der Waals surface area contributed by atoms with Gasteiger partial charge in [-0.2, -0.15) is 7.82 Å². The van der Waals surface area contributed by atoms with Crippen molar-refractivity contribution in [2.45, 2.75) is 0 Å². The van der Waals surface area contributed by atoms with Crippen LogP contribution in [-0.2, 0) is 4.57 Å². The third-order valence-corrected chi connectivity index (χ3v) is 0. The minimum absolute atomic E-state index is 0.847. The van der Waals surface area contributed by atoms with E-state index in [4.69, 9.17) is 38.4 Å². The van der Waals surface area contributed by atoms with Crippen LogP contribution < -0.4 is 14.7 Å². The number of halogens is 3. The van der Waals surface area contributed by atoms with Crippen molar-refractivity contribution in [1.29, 1.82) is 0 Å². The molecule has 0 heterocycles. The van der Waals surface area contributed by atoms with Gasteiger partial charge in [-0.1, -0.05) is 0 Å². The quantitative estimate of drug-likeness (QED) is 0.385. The third-order valence-electron chi connectivity index (χ3n) is 0. The second-order valence-electron chi connectivity index (χ2n) is 0.447.